The van der Waals surface area contributed by atoms with E-state index in [9.17, 15) is 4.79 Å². The molecule has 0 fully saturated rings. The van der Waals surface area contributed by atoms with Gasteiger partial charge in [0.1, 0.15) is 5.60 Å². The molecule has 1 aromatic rings. The van der Waals surface area contributed by atoms with Gasteiger partial charge in [-0.1, -0.05) is 30.3 Å². The summed E-state index contributed by atoms with van der Waals surface area (Å²) in [6.45, 7) is 7.35. The number of nitrogens with two attached hydrogens (primary N) is 1. The van der Waals surface area contributed by atoms with Crippen LogP contribution >= 0.6 is 0 Å². The Balaban J connectivity index is 2.55. The number of hydrogen-bond acceptors (Lipinski definition) is 3. The molecule has 0 saturated carbocycles. The second-order valence-electron chi connectivity index (χ2n) is 5.37. The zero-order valence-corrected chi connectivity index (χ0v) is 11.4. The standard InChI is InChI=1S/C14H22N2O2/c1-10(16-13(17)18-14(2,3)4)12(15)11-8-6-5-7-9-11/h5-10,12H,15H2,1-4H3,(H,16,17)/t10-,12-/m0/s1. The smallest absolute Gasteiger partial charge is 0.407 e. The van der Waals surface area contributed by atoms with Crippen molar-refractivity contribution in [2.45, 2.75) is 45.4 Å². The van der Waals surface area contributed by atoms with Gasteiger partial charge in [-0.3, -0.25) is 0 Å². The first kappa shape index (κ1) is 14.5. The topological polar surface area (TPSA) is 64.3 Å². The summed E-state index contributed by atoms with van der Waals surface area (Å²) >= 11 is 0. The Morgan fingerprint density at radius 2 is 1.83 bits per heavy atom. The number of ether oxygens (including phenoxy) is 1. The first-order valence-electron chi connectivity index (χ1n) is 6.09. The third-order valence-electron chi connectivity index (χ3n) is 2.47. The van der Waals surface area contributed by atoms with Crippen LogP contribution in [-0.2, 0) is 4.74 Å². The molecule has 100 valence electrons. The highest BCUT2D eigenvalue weighted by Gasteiger charge is 2.21. The fourth-order valence-electron chi connectivity index (χ4n) is 1.55. The molecule has 4 nitrogen and oxygen atoms in total. The lowest BCUT2D eigenvalue weighted by molar-refractivity contribution is 0.0501. The molecular weight excluding hydrogens is 228 g/mol. The van der Waals surface area contributed by atoms with Gasteiger partial charge >= 0.3 is 6.09 Å². The van der Waals surface area contributed by atoms with Crippen LogP contribution in [0.25, 0.3) is 0 Å². The first-order valence-corrected chi connectivity index (χ1v) is 6.09. The van der Waals surface area contributed by atoms with E-state index in [1.807, 2.05) is 58.0 Å². The number of nitrogens with one attached hydrogen (secondary N) is 1. The predicted molar refractivity (Wildman–Crippen MR) is 72.2 cm³/mol. The molecule has 0 bridgehead atoms. The van der Waals surface area contributed by atoms with E-state index in [0.717, 1.165) is 5.56 Å². The Morgan fingerprint density at radius 1 is 1.28 bits per heavy atom. The Labute approximate surface area is 109 Å². The fraction of sp³-hybridized carbons (Fsp3) is 0.500. The number of benzene rings is 1. The second-order valence-corrected chi connectivity index (χ2v) is 5.37. The van der Waals surface area contributed by atoms with E-state index in [-0.39, 0.29) is 12.1 Å². The van der Waals surface area contributed by atoms with Crippen LogP contribution in [0.15, 0.2) is 30.3 Å². The number of amides is 1. The lowest BCUT2D eigenvalue weighted by Crippen LogP contribution is -2.42. The fourth-order valence-corrected chi connectivity index (χ4v) is 1.55. The zero-order chi connectivity index (χ0) is 13.8. The molecule has 1 rings (SSSR count). The summed E-state index contributed by atoms with van der Waals surface area (Å²) in [5, 5.41) is 2.75. The minimum Gasteiger partial charge on any atom is -0.444 e. The Bertz CT molecular complexity index is 385. The van der Waals surface area contributed by atoms with Crippen molar-refractivity contribution in [3.05, 3.63) is 35.9 Å². The molecule has 18 heavy (non-hydrogen) atoms. The van der Waals surface area contributed by atoms with Crippen molar-refractivity contribution in [1.82, 2.24) is 5.32 Å². The summed E-state index contributed by atoms with van der Waals surface area (Å²) < 4.78 is 5.19. The van der Waals surface area contributed by atoms with Crippen molar-refractivity contribution in [3.8, 4) is 0 Å². The van der Waals surface area contributed by atoms with Crippen molar-refractivity contribution in [2.24, 2.45) is 5.73 Å². The molecule has 4 heteroatoms. The maximum Gasteiger partial charge on any atom is 0.407 e. The zero-order valence-electron chi connectivity index (χ0n) is 11.4. The summed E-state index contributed by atoms with van der Waals surface area (Å²) in [6, 6.07) is 9.23. The van der Waals surface area contributed by atoms with E-state index in [1.165, 1.54) is 0 Å². The monoisotopic (exact) mass is 250 g/mol. The predicted octanol–water partition coefficient (Wildman–Crippen LogP) is 2.60. The molecule has 0 saturated heterocycles. The van der Waals surface area contributed by atoms with Crippen LogP contribution in [0.3, 0.4) is 0 Å². The molecule has 2 atom stereocenters. The quantitative estimate of drug-likeness (QED) is 0.866. The molecule has 0 unspecified atom stereocenters. The third kappa shape index (κ3) is 4.75. The molecule has 0 aliphatic carbocycles. The van der Waals surface area contributed by atoms with Crippen molar-refractivity contribution in [3.63, 3.8) is 0 Å². The molecule has 1 aromatic carbocycles. The van der Waals surface area contributed by atoms with Gasteiger partial charge in [0.05, 0.1) is 0 Å². The summed E-state index contributed by atoms with van der Waals surface area (Å²) in [4.78, 5) is 11.6. The summed E-state index contributed by atoms with van der Waals surface area (Å²) in [6.07, 6.45) is -0.443. The number of carbonyl (C=O) groups excluding carboxylic acids is 1. The van der Waals surface area contributed by atoms with Crippen LogP contribution < -0.4 is 11.1 Å². The molecule has 0 radical (unpaired) electrons. The van der Waals surface area contributed by atoms with Crippen LogP contribution in [-0.4, -0.2) is 17.7 Å². The SMILES string of the molecule is C[C@H](NC(=O)OC(C)(C)C)[C@H](N)c1ccccc1. The van der Waals surface area contributed by atoms with E-state index < -0.39 is 11.7 Å². The second kappa shape index (κ2) is 5.87. The molecule has 0 aromatic heterocycles. The maximum atomic E-state index is 11.6. The number of alkyl carbamates (subject to hydrolysis) is 1. The molecule has 0 spiro atoms. The van der Waals surface area contributed by atoms with Crippen molar-refractivity contribution < 1.29 is 9.53 Å². The summed E-state index contributed by atoms with van der Waals surface area (Å²) in [5.74, 6) is 0. The Kier molecular flexibility index (Phi) is 4.73. The molecule has 0 heterocycles. The maximum absolute atomic E-state index is 11.6. The van der Waals surface area contributed by atoms with Crippen molar-refractivity contribution in [1.29, 1.82) is 0 Å². The molecule has 0 aliphatic heterocycles. The summed E-state index contributed by atoms with van der Waals surface area (Å²) in [5.41, 5.74) is 6.57. The number of hydrogen-bond donors (Lipinski definition) is 2. The van der Waals surface area contributed by atoms with Crippen molar-refractivity contribution >= 4 is 6.09 Å². The average Bonchev–Trinajstić information content (AvgIpc) is 2.26. The van der Waals surface area contributed by atoms with Gasteiger partial charge in [0.25, 0.3) is 0 Å². The Morgan fingerprint density at radius 3 is 2.33 bits per heavy atom. The van der Waals surface area contributed by atoms with E-state index >= 15 is 0 Å². The van der Waals surface area contributed by atoms with Gasteiger partial charge in [-0.2, -0.15) is 0 Å². The summed E-state index contributed by atoms with van der Waals surface area (Å²) in [7, 11) is 0. The highest BCUT2D eigenvalue weighted by Crippen LogP contribution is 2.14. The minimum atomic E-state index is -0.499. The van der Waals surface area contributed by atoms with E-state index in [4.69, 9.17) is 10.5 Å². The highest BCUT2D eigenvalue weighted by atomic mass is 16.6. The minimum absolute atomic E-state index is 0.192. The van der Waals surface area contributed by atoms with Gasteiger partial charge < -0.3 is 15.8 Å². The van der Waals surface area contributed by atoms with E-state index in [1.54, 1.807) is 0 Å². The van der Waals surface area contributed by atoms with Crippen LogP contribution in [0.5, 0.6) is 0 Å². The molecular formula is C14H22N2O2. The largest absolute Gasteiger partial charge is 0.444 e. The number of carbonyl (C=O) groups is 1. The highest BCUT2D eigenvalue weighted by molar-refractivity contribution is 5.68. The first-order chi connectivity index (χ1) is 8.29. The van der Waals surface area contributed by atoms with E-state index in [0.29, 0.717) is 0 Å². The van der Waals surface area contributed by atoms with Crippen LogP contribution in [0.2, 0.25) is 0 Å². The average molecular weight is 250 g/mol. The van der Waals surface area contributed by atoms with Crippen LogP contribution in [0.4, 0.5) is 4.79 Å². The third-order valence-corrected chi connectivity index (χ3v) is 2.47. The van der Waals surface area contributed by atoms with Gasteiger partial charge in [0.2, 0.25) is 0 Å². The molecule has 3 N–H and O–H groups in total. The Hall–Kier alpha value is -1.55. The molecule has 0 aliphatic rings. The lowest BCUT2D eigenvalue weighted by atomic mass is 10.0. The van der Waals surface area contributed by atoms with Crippen molar-refractivity contribution in [2.75, 3.05) is 0 Å². The lowest BCUT2D eigenvalue weighted by Gasteiger charge is -2.25. The van der Waals surface area contributed by atoms with Gasteiger partial charge in [0, 0.05) is 12.1 Å². The molecule has 1 amide bonds. The number of rotatable bonds is 3. The van der Waals surface area contributed by atoms with Gasteiger partial charge in [-0.25, -0.2) is 4.79 Å². The van der Waals surface area contributed by atoms with Gasteiger partial charge in [-0.05, 0) is 33.3 Å². The van der Waals surface area contributed by atoms with E-state index in [2.05, 4.69) is 5.32 Å². The van der Waals surface area contributed by atoms with Crippen LogP contribution in [0, 0.1) is 0 Å². The normalized spacial score (nSPS) is 14.7. The van der Waals surface area contributed by atoms with Gasteiger partial charge in [0.15, 0.2) is 0 Å². The van der Waals surface area contributed by atoms with Gasteiger partial charge in [-0.15, -0.1) is 0 Å². The van der Waals surface area contributed by atoms with Crippen LogP contribution in [0.1, 0.15) is 39.3 Å².